The van der Waals surface area contributed by atoms with Crippen molar-refractivity contribution in [1.29, 1.82) is 0 Å². The first-order valence-corrected chi connectivity index (χ1v) is 5.99. The summed E-state index contributed by atoms with van der Waals surface area (Å²) in [6.07, 6.45) is 2.19. The van der Waals surface area contributed by atoms with Gasteiger partial charge in [-0.15, -0.1) is 0 Å². The maximum atomic E-state index is 11.8. The van der Waals surface area contributed by atoms with Gasteiger partial charge in [-0.25, -0.2) is 0 Å². The average Bonchev–Trinajstić information content (AvgIpc) is 2.78. The Kier molecular flexibility index (Phi) is 3.86. The van der Waals surface area contributed by atoms with Gasteiger partial charge in [-0.1, -0.05) is 11.6 Å². The zero-order valence-corrected chi connectivity index (χ0v) is 10.2. The molecule has 0 saturated carbocycles. The van der Waals surface area contributed by atoms with Crippen LogP contribution in [0.2, 0.25) is 5.02 Å². The monoisotopic (exact) mass is 254 g/mol. The van der Waals surface area contributed by atoms with Gasteiger partial charge in [0.15, 0.2) is 0 Å². The number of nitrogens with two attached hydrogens (primary N) is 1. The van der Waals surface area contributed by atoms with E-state index in [1.165, 1.54) is 0 Å². The number of benzene rings is 1. The van der Waals surface area contributed by atoms with Crippen LogP contribution in [0.15, 0.2) is 18.2 Å². The van der Waals surface area contributed by atoms with Gasteiger partial charge in [0.05, 0.1) is 11.7 Å². The molecule has 4 nitrogen and oxygen atoms in total. The van der Waals surface area contributed by atoms with Crippen LogP contribution in [0.5, 0.6) is 0 Å². The highest BCUT2D eigenvalue weighted by Crippen LogP contribution is 2.18. The lowest BCUT2D eigenvalue weighted by atomic mass is 10.1. The fourth-order valence-corrected chi connectivity index (χ4v) is 2.03. The minimum atomic E-state index is -0.185. The number of amides is 1. The fourth-order valence-electron chi connectivity index (χ4n) is 1.85. The molecule has 1 amide bonds. The maximum Gasteiger partial charge on any atom is 0.253 e. The minimum Gasteiger partial charge on any atom is -0.398 e. The number of hydrogen-bond acceptors (Lipinski definition) is 3. The molecule has 1 aromatic rings. The summed E-state index contributed by atoms with van der Waals surface area (Å²) in [4.78, 5) is 11.8. The summed E-state index contributed by atoms with van der Waals surface area (Å²) >= 11 is 5.77. The molecule has 1 aliphatic heterocycles. The van der Waals surface area contributed by atoms with Gasteiger partial charge in [0.25, 0.3) is 5.91 Å². The second-order valence-corrected chi connectivity index (χ2v) is 4.51. The largest absolute Gasteiger partial charge is 0.398 e. The molecule has 5 heteroatoms. The molecule has 2 rings (SSSR count). The van der Waals surface area contributed by atoms with Crippen LogP contribution in [-0.2, 0) is 4.74 Å². The van der Waals surface area contributed by atoms with E-state index in [0.29, 0.717) is 22.8 Å². The van der Waals surface area contributed by atoms with Gasteiger partial charge < -0.3 is 15.8 Å². The second kappa shape index (κ2) is 5.38. The summed E-state index contributed by atoms with van der Waals surface area (Å²) in [5.74, 6) is -0.185. The zero-order valence-electron chi connectivity index (χ0n) is 9.41. The number of anilines is 1. The molecule has 0 unspecified atom stereocenters. The fraction of sp³-hybridized carbons (Fsp3) is 0.417. The molecule has 92 valence electrons. The van der Waals surface area contributed by atoms with Crippen molar-refractivity contribution in [2.24, 2.45) is 0 Å². The smallest absolute Gasteiger partial charge is 0.253 e. The first-order valence-electron chi connectivity index (χ1n) is 5.61. The molecule has 0 radical (unpaired) electrons. The van der Waals surface area contributed by atoms with Crippen molar-refractivity contribution in [2.45, 2.75) is 18.9 Å². The highest BCUT2D eigenvalue weighted by Gasteiger charge is 2.17. The number of carbonyl (C=O) groups is 1. The molecule has 1 saturated heterocycles. The van der Waals surface area contributed by atoms with Crippen LogP contribution in [0.4, 0.5) is 5.69 Å². The van der Waals surface area contributed by atoms with Crippen molar-refractivity contribution >= 4 is 23.2 Å². The lowest BCUT2D eigenvalue weighted by Gasteiger charge is -2.11. The number of nitrogens with one attached hydrogen (secondary N) is 1. The Bertz CT molecular complexity index is 417. The van der Waals surface area contributed by atoms with Crippen LogP contribution < -0.4 is 11.1 Å². The molecule has 1 atom stereocenters. The molecule has 1 fully saturated rings. The Hall–Kier alpha value is -1.26. The number of carbonyl (C=O) groups excluding carboxylic acids is 1. The maximum absolute atomic E-state index is 11.8. The standard InChI is InChI=1S/C12H15ClN2O2/c13-8-3-4-10(11(14)6-8)12(16)15-7-9-2-1-5-17-9/h3-4,6,9H,1-2,5,7,14H2,(H,15,16)/t9-/m0/s1. The summed E-state index contributed by atoms with van der Waals surface area (Å²) in [6.45, 7) is 1.31. The van der Waals surface area contributed by atoms with Gasteiger partial charge in [0, 0.05) is 23.9 Å². The third kappa shape index (κ3) is 3.11. The molecule has 0 aliphatic carbocycles. The van der Waals surface area contributed by atoms with E-state index in [1.807, 2.05) is 0 Å². The van der Waals surface area contributed by atoms with Crippen LogP contribution in [0, 0.1) is 0 Å². The molecule has 0 bridgehead atoms. The average molecular weight is 255 g/mol. The summed E-state index contributed by atoms with van der Waals surface area (Å²) in [5, 5.41) is 3.34. The number of ether oxygens (including phenoxy) is 1. The van der Waals surface area contributed by atoms with Gasteiger partial charge in [0.1, 0.15) is 0 Å². The predicted octanol–water partition coefficient (Wildman–Crippen LogP) is 1.83. The van der Waals surface area contributed by atoms with Crippen LogP contribution in [0.3, 0.4) is 0 Å². The topological polar surface area (TPSA) is 64.4 Å². The van der Waals surface area contributed by atoms with Gasteiger partial charge >= 0.3 is 0 Å². The van der Waals surface area contributed by atoms with E-state index in [2.05, 4.69) is 5.32 Å². The zero-order chi connectivity index (χ0) is 12.3. The van der Waals surface area contributed by atoms with Crippen molar-refractivity contribution in [3.05, 3.63) is 28.8 Å². The van der Waals surface area contributed by atoms with Crippen molar-refractivity contribution < 1.29 is 9.53 Å². The summed E-state index contributed by atoms with van der Waals surface area (Å²) < 4.78 is 5.42. The predicted molar refractivity (Wildman–Crippen MR) is 67.2 cm³/mol. The number of nitrogen functional groups attached to an aromatic ring is 1. The summed E-state index contributed by atoms with van der Waals surface area (Å²) in [5.41, 5.74) is 6.57. The third-order valence-electron chi connectivity index (χ3n) is 2.77. The Labute approximate surface area is 105 Å². The Morgan fingerprint density at radius 3 is 3.06 bits per heavy atom. The Morgan fingerprint density at radius 2 is 2.41 bits per heavy atom. The van der Waals surface area contributed by atoms with Gasteiger partial charge in [0.2, 0.25) is 0 Å². The van der Waals surface area contributed by atoms with Gasteiger partial charge in [-0.2, -0.15) is 0 Å². The number of halogens is 1. The molecule has 0 spiro atoms. The van der Waals surface area contributed by atoms with E-state index in [1.54, 1.807) is 18.2 Å². The van der Waals surface area contributed by atoms with E-state index in [0.717, 1.165) is 19.4 Å². The quantitative estimate of drug-likeness (QED) is 0.809. The molecular weight excluding hydrogens is 240 g/mol. The minimum absolute atomic E-state index is 0.132. The van der Waals surface area contributed by atoms with E-state index < -0.39 is 0 Å². The molecule has 17 heavy (non-hydrogen) atoms. The van der Waals surface area contributed by atoms with Crippen LogP contribution in [-0.4, -0.2) is 25.2 Å². The van der Waals surface area contributed by atoms with E-state index in [9.17, 15) is 4.79 Å². The summed E-state index contributed by atoms with van der Waals surface area (Å²) in [7, 11) is 0. The first-order chi connectivity index (χ1) is 8.16. The number of hydrogen-bond donors (Lipinski definition) is 2. The molecule has 1 heterocycles. The van der Waals surface area contributed by atoms with Crippen molar-refractivity contribution in [3.8, 4) is 0 Å². The van der Waals surface area contributed by atoms with E-state index in [4.69, 9.17) is 22.1 Å². The molecule has 1 aliphatic rings. The van der Waals surface area contributed by atoms with Crippen LogP contribution >= 0.6 is 11.6 Å². The first kappa shape index (κ1) is 12.2. The van der Waals surface area contributed by atoms with Crippen molar-refractivity contribution in [1.82, 2.24) is 5.32 Å². The molecule has 1 aromatic carbocycles. The van der Waals surface area contributed by atoms with Crippen LogP contribution in [0.25, 0.3) is 0 Å². The molecular formula is C12H15ClN2O2. The summed E-state index contributed by atoms with van der Waals surface area (Å²) in [6, 6.07) is 4.85. The normalized spacial score (nSPS) is 19.2. The van der Waals surface area contributed by atoms with Crippen LogP contribution in [0.1, 0.15) is 23.2 Å². The molecule has 3 N–H and O–H groups in total. The van der Waals surface area contributed by atoms with Gasteiger partial charge in [-0.05, 0) is 31.0 Å². The number of rotatable bonds is 3. The Balaban J connectivity index is 1.94. The lowest BCUT2D eigenvalue weighted by molar-refractivity contribution is 0.0858. The van der Waals surface area contributed by atoms with Crippen molar-refractivity contribution in [2.75, 3.05) is 18.9 Å². The molecule has 0 aromatic heterocycles. The SMILES string of the molecule is Nc1cc(Cl)ccc1C(=O)NC[C@@H]1CCCO1. The van der Waals surface area contributed by atoms with Gasteiger partial charge in [-0.3, -0.25) is 4.79 Å². The highest BCUT2D eigenvalue weighted by molar-refractivity contribution is 6.31. The third-order valence-corrected chi connectivity index (χ3v) is 3.01. The van der Waals surface area contributed by atoms with E-state index >= 15 is 0 Å². The van der Waals surface area contributed by atoms with Crippen molar-refractivity contribution in [3.63, 3.8) is 0 Å². The second-order valence-electron chi connectivity index (χ2n) is 4.08. The lowest BCUT2D eigenvalue weighted by Crippen LogP contribution is -2.32. The highest BCUT2D eigenvalue weighted by atomic mass is 35.5. The Morgan fingerprint density at radius 1 is 1.59 bits per heavy atom. The van der Waals surface area contributed by atoms with E-state index in [-0.39, 0.29) is 12.0 Å².